The van der Waals surface area contributed by atoms with E-state index in [1.807, 2.05) is 0 Å². The normalized spacial score (nSPS) is 9.00. The van der Waals surface area contributed by atoms with Crippen molar-refractivity contribution in [1.82, 2.24) is 30.0 Å². The Morgan fingerprint density at radius 1 is 1.07 bits per heavy atom. The molecule has 0 aliphatic rings. The Bertz CT molecular complexity index is 1410. The number of ether oxygens (including phenoxy) is 2. The number of anilines is 1. The van der Waals surface area contributed by atoms with Crippen LogP contribution in [0.3, 0.4) is 0 Å². The van der Waals surface area contributed by atoms with E-state index in [0.29, 0.717) is 40.1 Å². The van der Waals surface area contributed by atoms with E-state index < -0.39 is 11.9 Å². The number of alkyl halides is 1. The van der Waals surface area contributed by atoms with E-state index in [4.69, 9.17) is 47.1 Å². The van der Waals surface area contributed by atoms with Crippen molar-refractivity contribution < 1.29 is 63.6 Å². The smallest absolute Gasteiger partial charge is 0.338 e. The second-order valence-electron chi connectivity index (χ2n) is 6.32. The number of hydrogen-bond acceptors (Lipinski definition) is 11. The number of esters is 2. The van der Waals surface area contributed by atoms with E-state index in [1.54, 1.807) is 17.6 Å². The van der Waals surface area contributed by atoms with Crippen molar-refractivity contribution in [2.24, 2.45) is 4.99 Å². The van der Waals surface area contributed by atoms with Crippen molar-refractivity contribution in [2.45, 2.75) is 7.40 Å². The maximum atomic E-state index is 11.2. The molecule has 0 atom stereocenters. The van der Waals surface area contributed by atoms with Gasteiger partial charge in [-0.15, -0.1) is 23.7 Å². The number of halogens is 4. The summed E-state index contributed by atoms with van der Waals surface area (Å²) in [6.45, 7) is 0. The van der Waals surface area contributed by atoms with Gasteiger partial charge in [0.2, 0.25) is 0 Å². The van der Waals surface area contributed by atoms with Gasteiger partial charge < -0.3 is 27.6 Å². The number of aromatic nitrogens is 5. The predicted molar refractivity (Wildman–Crippen MR) is 156 cm³/mol. The molecule has 43 heavy (non-hydrogen) atoms. The number of carbonyl (C=O) groups excluding carboxylic acids is 2. The summed E-state index contributed by atoms with van der Waals surface area (Å²) in [5.41, 5.74) is 8.27. The number of methoxy groups -OCH3 is 2. The maximum absolute atomic E-state index is 11.2. The van der Waals surface area contributed by atoms with Gasteiger partial charge >= 0.3 is 11.9 Å². The van der Waals surface area contributed by atoms with Crippen LogP contribution in [0, 0.1) is 13.5 Å². The minimum atomic E-state index is -0.481. The van der Waals surface area contributed by atoms with Crippen LogP contribution in [0.1, 0.15) is 29.5 Å². The van der Waals surface area contributed by atoms with Crippen LogP contribution in [0.4, 0.5) is 16.0 Å². The number of hydroxylamine groups is 1. The molecule has 13 nitrogen and oxygen atoms in total. The fraction of sp³-hybridized carbons (Fsp3) is 0.167. The Labute approximate surface area is 285 Å². The van der Waals surface area contributed by atoms with Gasteiger partial charge in [0.25, 0.3) is 0 Å². The molecule has 4 rings (SSSR count). The van der Waals surface area contributed by atoms with Gasteiger partial charge in [-0.05, 0) is 24.3 Å². The van der Waals surface area contributed by atoms with Crippen LogP contribution in [0.25, 0.3) is 5.65 Å². The minimum absolute atomic E-state index is 0. The van der Waals surface area contributed by atoms with Crippen LogP contribution in [0.15, 0.2) is 47.7 Å². The van der Waals surface area contributed by atoms with Gasteiger partial charge in [-0.3, -0.25) is 20.1 Å². The molecule has 4 aromatic heterocycles. The molecule has 0 saturated carbocycles. The number of pyridine rings is 3. The number of nitrogen functional groups attached to an aromatic ring is 1. The molecule has 0 unspecified atom stereocenters. The average Bonchev–Trinajstić information content (AvgIpc) is 3.47. The van der Waals surface area contributed by atoms with Crippen LogP contribution in [-0.2, 0) is 43.0 Å². The Kier molecular flexibility index (Phi) is 26.2. The van der Waals surface area contributed by atoms with Crippen molar-refractivity contribution in [3.63, 3.8) is 0 Å². The van der Waals surface area contributed by atoms with Gasteiger partial charge in [0.05, 0.1) is 32.5 Å². The van der Waals surface area contributed by atoms with E-state index in [1.165, 1.54) is 56.7 Å². The summed E-state index contributed by atoms with van der Waals surface area (Å²) < 4.78 is 25.7. The molecule has 2 radical (unpaired) electrons. The largest absolute Gasteiger partial charge is 0.465 e. The number of carbonyl (C=O) groups is 2. The fourth-order valence-corrected chi connectivity index (χ4v) is 3.00. The topological polar surface area (TPSA) is 179 Å². The van der Waals surface area contributed by atoms with Gasteiger partial charge in [0.15, 0.2) is 5.65 Å². The quantitative estimate of drug-likeness (QED) is 0.0630. The molecule has 242 valence electrons. The van der Waals surface area contributed by atoms with Crippen LogP contribution in [0.2, 0.25) is 15.5 Å². The summed E-state index contributed by atoms with van der Waals surface area (Å²) >= 11 is 16.9. The standard InChI is InChI=1S/C8H6ClN3O2.C7H7ClN2O2.C6H5ClN3O.CH3F.CH4.CH3.2Co/c1-14-8(13)5-2-6(9)12-7(3-5)10-4-11-12;1-12-7(11)4-2-5(8)10-6(9)3-4;7-5-2-1-3-6(10-5)8-4-9-11;1-2;;;;/h2-4H,1H3;2-3H,1H3,(H2,9,10);2-4,11H,(H,8,9,10);1H3;1H4;1H3;;/q;;-1;;;-1;;/i;;;;1D;;;. The maximum Gasteiger partial charge on any atom is 0.338 e. The first-order valence-electron chi connectivity index (χ1n) is 11.1. The van der Waals surface area contributed by atoms with Crippen LogP contribution in [-0.4, -0.2) is 69.4 Å². The summed E-state index contributed by atoms with van der Waals surface area (Å²) in [5, 5.41) is 12.8. The first-order valence-corrected chi connectivity index (χ1v) is 11.2. The number of nitrogens with two attached hydrogens (primary N) is 1. The molecule has 0 bridgehead atoms. The molecule has 4 aromatic rings. The van der Waals surface area contributed by atoms with Crippen molar-refractivity contribution in [3.05, 3.63) is 82.8 Å². The first-order chi connectivity index (χ1) is 19.7. The third-order valence-electron chi connectivity index (χ3n) is 3.88. The van der Waals surface area contributed by atoms with E-state index in [2.05, 4.69) is 40.6 Å². The third-order valence-corrected chi connectivity index (χ3v) is 4.54. The SMILES string of the molecule is CF.COC(=O)c1cc(Cl)n2ncnc2c1.COC(=O)c1cc(N)nc(Cl)c1.ONC=Nc1c[c-]cc(Cl)n1.[2H]C.[CH3-].[Co].[Co]. The van der Waals surface area contributed by atoms with Gasteiger partial charge in [-0.2, -0.15) is 11.2 Å². The molecule has 0 saturated heterocycles. The Hall–Kier alpha value is -3.10. The van der Waals surface area contributed by atoms with Gasteiger partial charge in [0, 0.05) is 45.9 Å². The van der Waals surface area contributed by atoms with Gasteiger partial charge in [-0.25, -0.2) is 24.1 Å². The van der Waals surface area contributed by atoms with Crippen molar-refractivity contribution in [2.75, 3.05) is 27.1 Å². The summed E-state index contributed by atoms with van der Waals surface area (Å²) in [7, 11) is 4.34. The zero-order valence-electron chi connectivity index (χ0n) is 24.1. The molecule has 0 spiro atoms. The zero-order chi connectivity index (χ0) is 31.4. The minimum Gasteiger partial charge on any atom is -0.465 e. The van der Waals surface area contributed by atoms with Crippen LogP contribution >= 0.6 is 34.8 Å². The first kappa shape index (κ1) is 44.3. The summed E-state index contributed by atoms with van der Waals surface area (Å²) in [5.74, 6) is -0.342. The number of hydrogen-bond donors (Lipinski definition) is 3. The van der Waals surface area contributed by atoms with E-state index >= 15 is 0 Å². The summed E-state index contributed by atoms with van der Waals surface area (Å²) in [6.07, 6.45) is 2.45. The molecule has 0 fully saturated rings. The summed E-state index contributed by atoms with van der Waals surface area (Å²) in [6, 6.07) is 11.6. The molecular weight excluding hydrogens is 724 g/mol. The third kappa shape index (κ3) is 16.4. The fourth-order valence-electron chi connectivity index (χ4n) is 2.39. The zero-order valence-corrected chi connectivity index (χ0v) is 27.5. The number of nitrogens with one attached hydrogen (secondary N) is 1. The molecular formula is C24H28Cl3Co2FN8O5-2. The predicted octanol–water partition coefficient (Wildman–Crippen LogP) is 5.11. The molecule has 4 heterocycles. The van der Waals surface area contributed by atoms with E-state index in [9.17, 15) is 14.0 Å². The number of nitrogens with zero attached hydrogens (tertiary/aromatic N) is 6. The molecule has 4 N–H and O–H groups in total. The van der Waals surface area contributed by atoms with Gasteiger partial charge in [-0.1, -0.05) is 30.6 Å². The van der Waals surface area contributed by atoms with Crippen molar-refractivity contribution >= 4 is 70.4 Å². The van der Waals surface area contributed by atoms with Gasteiger partial charge in [0.1, 0.15) is 28.8 Å². The van der Waals surface area contributed by atoms with E-state index in [-0.39, 0.29) is 52.0 Å². The summed E-state index contributed by atoms with van der Waals surface area (Å²) in [4.78, 5) is 37.2. The monoisotopic (exact) mass is 751 g/mol. The van der Waals surface area contributed by atoms with E-state index in [0.717, 1.165) is 6.34 Å². The average molecular weight is 753 g/mol. The number of aliphatic imine (C=N–C) groups is 1. The Morgan fingerprint density at radius 2 is 1.65 bits per heavy atom. The number of rotatable bonds is 4. The number of fused-ring (bicyclic) bond motifs is 1. The second kappa shape index (κ2) is 25.4. The second-order valence-corrected chi connectivity index (χ2v) is 7.48. The molecule has 0 amide bonds. The Morgan fingerprint density at radius 3 is 2.16 bits per heavy atom. The molecule has 0 aliphatic carbocycles. The molecule has 0 aliphatic heterocycles. The molecule has 0 aromatic carbocycles. The van der Waals surface area contributed by atoms with Crippen LogP contribution < -0.4 is 11.2 Å². The van der Waals surface area contributed by atoms with Crippen molar-refractivity contribution in [3.8, 4) is 0 Å². The van der Waals surface area contributed by atoms with Crippen molar-refractivity contribution in [1.29, 1.82) is 0 Å². The Balaban J connectivity index is -0.000000251. The molecule has 19 heteroatoms. The van der Waals surface area contributed by atoms with Crippen LogP contribution in [0.5, 0.6) is 0 Å².